The highest BCUT2D eigenvalue weighted by molar-refractivity contribution is 5.97. The van der Waals surface area contributed by atoms with Gasteiger partial charge in [0.05, 0.1) is 5.39 Å². The molecule has 9 heteroatoms. The molecule has 200 valence electrons. The molecule has 39 heavy (non-hydrogen) atoms. The van der Waals surface area contributed by atoms with E-state index in [9.17, 15) is 9.59 Å². The molecule has 2 aliphatic rings. The van der Waals surface area contributed by atoms with Crippen LogP contribution in [-0.4, -0.2) is 52.8 Å². The van der Waals surface area contributed by atoms with Gasteiger partial charge in [0.15, 0.2) is 5.65 Å². The molecule has 0 spiro atoms. The lowest BCUT2D eigenvalue weighted by molar-refractivity contribution is 0.0952. The van der Waals surface area contributed by atoms with Crippen molar-refractivity contribution in [3.05, 3.63) is 87.8 Å². The van der Waals surface area contributed by atoms with Crippen LogP contribution < -0.4 is 26.3 Å². The largest absolute Gasteiger partial charge is 0.352 e. The summed E-state index contributed by atoms with van der Waals surface area (Å²) in [5, 5.41) is 10.2. The first-order valence-electron chi connectivity index (χ1n) is 13.7. The standard InChI is InChI=1S/C30H33N7O2/c1-2-13-33-29(39)25-19-36(23-12-11-20-7-6-8-21(20)16-23)28-24(27(25)38)17-34-30(35-28)37(22-9-4-3-5-10-22)26-18-31-14-15-32-26/h3-5,9-12,16-17,19,26,31-32H,2,6-8,13-15,18H2,1H3,(H,33,39). The third kappa shape index (κ3) is 4.91. The first-order chi connectivity index (χ1) is 19.1. The maximum atomic E-state index is 13.6. The van der Waals surface area contributed by atoms with Gasteiger partial charge in [0, 0.05) is 49.9 Å². The first kappa shape index (κ1) is 25.2. The second-order valence-corrected chi connectivity index (χ2v) is 10.1. The molecular formula is C30H33N7O2. The van der Waals surface area contributed by atoms with Crippen molar-refractivity contribution in [1.82, 2.24) is 30.5 Å². The zero-order chi connectivity index (χ0) is 26.8. The SMILES string of the molecule is CCCNC(=O)c1cn(-c2ccc3c(c2)CCC3)c2nc(N(c3ccccc3)C3CNCCN3)ncc2c1=O. The van der Waals surface area contributed by atoms with Crippen molar-refractivity contribution in [3.8, 4) is 5.69 Å². The van der Waals surface area contributed by atoms with E-state index in [-0.39, 0.29) is 23.1 Å². The molecule has 0 bridgehead atoms. The number of benzene rings is 2. The summed E-state index contributed by atoms with van der Waals surface area (Å²) in [7, 11) is 0. The van der Waals surface area contributed by atoms with Gasteiger partial charge in [-0.3, -0.25) is 19.8 Å². The maximum absolute atomic E-state index is 13.6. The summed E-state index contributed by atoms with van der Waals surface area (Å²) in [6.07, 6.45) is 7.14. The van der Waals surface area contributed by atoms with Crippen LogP contribution in [0.5, 0.6) is 0 Å². The van der Waals surface area contributed by atoms with Crippen LogP contribution in [0.3, 0.4) is 0 Å². The monoisotopic (exact) mass is 523 g/mol. The number of fused-ring (bicyclic) bond motifs is 2. The van der Waals surface area contributed by atoms with Crippen LogP contribution >= 0.6 is 0 Å². The first-order valence-corrected chi connectivity index (χ1v) is 13.7. The number of aromatic nitrogens is 3. The number of nitrogens with zero attached hydrogens (tertiary/aromatic N) is 4. The molecule has 3 heterocycles. The number of nitrogens with one attached hydrogen (secondary N) is 3. The minimum absolute atomic E-state index is 0.0714. The highest BCUT2D eigenvalue weighted by Gasteiger charge is 2.26. The summed E-state index contributed by atoms with van der Waals surface area (Å²) < 4.78 is 1.87. The van der Waals surface area contributed by atoms with Gasteiger partial charge in [0.2, 0.25) is 11.4 Å². The van der Waals surface area contributed by atoms with Crippen LogP contribution in [0.25, 0.3) is 16.7 Å². The van der Waals surface area contributed by atoms with E-state index in [1.54, 1.807) is 12.4 Å². The number of hydrogen-bond donors (Lipinski definition) is 3. The molecule has 1 atom stereocenters. The highest BCUT2D eigenvalue weighted by Crippen LogP contribution is 2.28. The Hall–Kier alpha value is -4.08. The molecule has 3 N–H and O–H groups in total. The van der Waals surface area contributed by atoms with Gasteiger partial charge < -0.3 is 15.2 Å². The number of carbonyl (C=O) groups excluding carboxylic acids is 1. The molecule has 2 aromatic heterocycles. The molecule has 2 aromatic carbocycles. The van der Waals surface area contributed by atoms with Crippen molar-refractivity contribution in [2.75, 3.05) is 31.1 Å². The number of carbonyl (C=O) groups is 1. The maximum Gasteiger partial charge on any atom is 0.256 e. The molecule has 6 rings (SSSR count). The average molecular weight is 524 g/mol. The fourth-order valence-corrected chi connectivity index (χ4v) is 5.46. The predicted molar refractivity (Wildman–Crippen MR) is 153 cm³/mol. The van der Waals surface area contributed by atoms with Crippen molar-refractivity contribution in [3.63, 3.8) is 0 Å². The second-order valence-electron chi connectivity index (χ2n) is 10.1. The summed E-state index contributed by atoms with van der Waals surface area (Å²) in [5.41, 5.74) is 4.66. The Balaban J connectivity index is 1.55. The Morgan fingerprint density at radius 2 is 1.97 bits per heavy atom. The van der Waals surface area contributed by atoms with Crippen LogP contribution in [0.1, 0.15) is 41.3 Å². The summed E-state index contributed by atoms with van der Waals surface area (Å²) >= 11 is 0. The zero-order valence-electron chi connectivity index (χ0n) is 22.1. The average Bonchev–Trinajstić information content (AvgIpc) is 3.45. The minimum atomic E-state index is -0.383. The van der Waals surface area contributed by atoms with E-state index in [1.807, 2.05) is 47.9 Å². The molecule has 1 aliphatic carbocycles. The number of amides is 1. The molecule has 1 aliphatic heterocycles. The molecule has 1 fully saturated rings. The normalized spacial score (nSPS) is 16.7. The molecule has 4 aromatic rings. The van der Waals surface area contributed by atoms with Crippen LogP contribution in [0.15, 0.2) is 65.7 Å². The van der Waals surface area contributed by atoms with Gasteiger partial charge in [-0.1, -0.05) is 31.2 Å². The minimum Gasteiger partial charge on any atom is -0.352 e. The third-order valence-corrected chi connectivity index (χ3v) is 7.45. The molecule has 9 nitrogen and oxygen atoms in total. The van der Waals surface area contributed by atoms with Crippen molar-refractivity contribution < 1.29 is 4.79 Å². The van der Waals surface area contributed by atoms with E-state index in [0.29, 0.717) is 30.1 Å². The van der Waals surface area contributed by atoms with Gasteiger partial charge in [-0.15, -0.1) is 0 Å². The van der Waals surface area contributed by atoms with Gasteiger partial charge in [-0.05, 0) is 61.1 Å². The van der Waals surface area contributed by atoms with E-state index in [0.717, 1.165) is 50.1 Å². The third-order valence-electron chi connectivity index (χ3n) is 7.45. The predicted octanol–water partition coefficient (Wildman–Crippen LogP) is 3.07. The highest BCUT2D eigenvalue weighted by atomic mass is 16.2. The summed E-state index contributed by atoms with van der Waals surface area (Å²) in [4.78, 5) is 38.3. The summed E-state index contributed by atoms with van der Waals surface area (Å²) in [6, 6.07) is 16.4. The van der Waals surface area contributed by atoms with E-state index in [1.165, 1.54) is 11.1 Å². The number of pyridine rings is 1. The summed E-state index contributed by atoms with van der Waals surface area (Å²) in [5.74, 6) is 0.0959. The lowest BCUT2D eigenvalue weighted by Gasteiger charge is -2.35. The molecule has 1 saturated heterocycles. The number of rotatable bonds is 7. The Morgan fingerprint density at radius 1 is 1.13 bits per heavy atom. The van der Waals surface area contributed by atoms with Crippen LogP contribution in [-0.2, 0) is 12.8 Å². The molecular weight excluding hydrogens is 490 g/mol. The quantitative estimate of drug-likeness (QED) is 0.342. The van der Waals surface area contributed by atoms with Crippen molar-refractivity contribution in [2.24, 2.45) is 0 Å². The van der Waals surface area contributed by atoms with Gasteiger partial charge in [-0.25, -0.2) is 4.98 Å². The van der Waals surface area contributed by atoms with Crippen molar-refractivity contribution in [2.45, 2.75) is 38.8 Å². The lowest BCUT2D eigenvalue weighted by atomic mass is 10.1. The fourth-order valence-electron chi connectivity index (χ4n) is 5.46. The second kappa shape index (κ2) is 11.0. The fraction of sp³-hybridized carbons (Fsp3) is 0.333. The number of anilines is 2. The van der Waals surface area contributed by atoms with Gasteiger partial charge in [0.25, 0.3) is 5.91 Å². The molecule has 0 saturated carbocycles. The van der Waals surface area contributed by atoms with E-state index in [4.69, 9.17) is 4.98 Å². The van der Waals surface area contributed by atoms with E-state index < -0.39 is 0 Å². The lowest BCUT2D eigenvalue weighted by Crippen LogP contribution is -2.56. The Bertz CT molecular complexity index is 1560. The number of piperazine rings is 1. The zero-order valence-corrected chi connectivity index (χ0v) is 22.1. The molecule has 1 unspecified atom stereocenters. The van der Waals surface area contributed by atoms with Gasteiger partial charge >= 0.3 is 0 Å². The van der Waals surface area contributed by atoms with Crippen LogP contribution in [0.4, 0.5) is 11.6 Å². The van der Waals surface area contributed by atoms with Gasteiger partial charge in [-0.2, -0.15) is 4.98 Å². The number of para-hydroxylation sites is 1. The van der Waals surface area contributed by atoms with Crippen molar-refractivity contribution in [1.29, 1.82) is 0 Å². The Kier molecular flexibility index (Phi) is 7.08. The Labute approximate surface area is 227 Å². The van der Waals surface area contributed by atoms with E-state index >= 15 is 0 Å². The number of hydrogen-bond acceptors (Lipinski definition) is 7. The number of aryl methyl sites for hydroxylation is 2. The Morgan fingerprint density at radius 3 is 2.77 bits per heavy atom. The van der Waals surface area contributed by atoms with Crippen LogP contribution in [0, 0.1) is 0 Å². The topological polar surface area (TPSA) is 104 Å². The molecule has 1 amide bonds. The summed E-state index contributed by atoms with van der Waals surface area (Å²) in [6.45, 7) is 4.90. The van der Waals surface area contributed by atoms with E-state index in [2.05, 4.69) is 38.0 Å². The smallest absolute Gasteiger partial charge is 0.256 e. The van der Waals surface area contributed by atoms with Crippen molar-refractivity contribution >= 4 is 28.6 Å². The van der Waals surface area contributed by atoms with Crippen LogP contribution in [0.2, 0.25) is 0 Å². The molecule has 0 radical (unpaired) electrons. The van der Waals surface area contributed by atoms with Gasteiger partial charge in [0.1, 0.15) is 11.7 Å².